The van der Waals surface area contributed by atoms with Gasteiger partial charge in [0.05, 0.1) is 12.1 Å². The van der Waals surface area contributed by atoms with Crippen LogP contribution in [-0.2, 0) is 14.9 Å². The average Bonchev–Trinajstić information content (AvgIpc) is 2.96. The van der Waals surface area contributed by atoms with Crippen molar-refractivity contribution in [3.05, 3.63) is 34.9 Å². The predicted molar refractivity (Wildman–Crippen MR) is 87.2 cm³/mol. The zero-order valence-corrected chi connectivity index (χ0v) is 13.7. The molecule has 3 rings (SSSR count). The van der Waals surface area contributed by atoms with E-state index in [2.05, 4.69) is 16.7 Å². The van der Waals surface area contributed by atoms with Crippen LogP contribution in [0, 0.1) is 0 Å². The fourth-order valence-corrected chi connectivity index (χ4v) is 3.83. The second-order valence-electron chi connectivity index (χ2n) is 6.39. The molecule has 1 aliphatic carbocycles. The van der Waals surface area contributed by atoms with Gasteiger partial charge in [-0.1, -0.05) is 36.2 Å². The van der Waals surface area contributed by atoms with Crippen LogP contribution in [0.2, 0.25) is 5.02 Å². The Morgan fingerprint density at radius 1 is 1.45 bits per heavy atom. The Hall–Kier alpha value is -1.10. The molecule has 1 amide bonds. The molecule has 1 heterocycles. The van der Waals surface area contributed by atoms with Gasteiger partial charge in [0.1, 0.15) is 0 Å². The molecule has 4 nitrogen and oxygen atoms in total. The predicted octanol–water partition coefficient (Wildman–Crippen LogP) is 2.25. The van der Waals surface area contributed by atoms with Gasteiger partial charge in [0, 0.05) is 30.6 Å². The highest BCUT2D eigenvalue weighted by Gasteiger charge is 2.41. The van der Waals surface area contributed by atoms with Crippen molar-refractivity contribution in [2.45, 2.75) is 43.2 Å². The molecule has 1 aromatic rings. The molecule has 1 aromatic carbocycles. The number of methoxy groups -OCH3 is 1. The average molecular weight is 323 g/mol. The van der Waals surface area contributed by atoms with Crippen molar-refractivity contribution in [3.63, 3.8) is 0 Å². The van der Waals surface area contributed by atoms with Gasteiger partial charge in [0.15, 0.2) is 0 Å². The summed E-state index contributed by atoms with van der Waals surface area (Å²) >= 11 is 6.36. The van der Waals surface area contributed by atoms with Gasteiger partial charge in [-0.15, -0.1) is 0 Å². The molecule has 2 N–H and O–H groups in total. The Morgan fingerprint density at radius 3 is 2.82 bits per heavy atom. The van der Waals surface area contributed by atoms with Crippen LogP contribution >= 0.6 is 11.6 Å². The fourth-order valence-electron chi connectivity index (χ4n) is 3.50. The first-order chi connectivity index (χ1) is 10.6. The highest BCUT2D eigenvalue weighted by Crippen LogP contribution is 2.45. The minimum atomic E-state index is -0.145. The maximum absolute atomic E-state index is 12.3. The zero-order valence-electron chi connectivity index (χ0n) is 12.9. The van der Waals surface area contributed by atoms with Gasteiger partial charge in [-0.05, 0) is 30.9 Å². The van der Waals surface area contributed by atoms with Gasteiger partial charge < -0.3 is 15.4 Å². The molecule has 2 atom stereocenters. The summed E-state index contributed by atoms with van der Waals surface area (Å²) in [5.74, 6) is 0.0675. The summed E-state index contributed by atoms with van der Waals surface area (Å²) in [7, 11) is 1.69. The Balaban J connectivity index is 1.62. The van der Waals surface area contributed by atoms with Crippen LogP contribution < -0.4 is 10.6 Å². The molecule has 5 heteroatoms. The number of halogens is 1. The number of hydrogen-bond donors (Lipinski definition) is 2. The second kappa shape index (κ2) is 6.57. The van der Waals surface area contributed by atoms with Crippen molar-refractivity contribution >= 4 is 17.5 Å². The number of hydrogen-bond acceptors (Lipinski definition) is 3. The third-order valence-corrected chi connectivity index (χ3v) is 5.43. The van der Waals surface area contributed by atoms with Crippen molar-refractivity contribution in [1.29, 1.82) is 0 Å². The molecule has 1 saturated carbocycles. The summed E-state index contributed by atoms with van der Waals surface area (Å²) in [5.41, 5.74) is 1.17. The molecule has 120 valence electrons. The number of ether oxygens (including phenoxy) is 1. The van der Waals surface area contributed by atoms with E-state index in [1.165, 1.54) is 6.42 Å². The van der Waals surface area contributed by atoms with E-state index in [-0.39, 0.29) is 23.5 Å². The van der Waals surface area contributed by atoms with Crippen molar-refractivity contribution in [3.8, 4) is 0 Å². The largest absolute Gasteiger partial charge is 0.380 e. The third-order valence-electron chi connectivity index (χ3n) is 5.10. The number of amides is 1. The van der Waals surface area contributed by atoms with E-state index in [1.807, 2.05) is 18.2 Å². The highest BCUT2D eigenvalue weighted by molar-refractivity contribution is 6.31. The zero-order chi connectivity index (χ0) is 15.6. The van der Waals surface area contributed by atoms with Gasteiger partial charge in [-0.25, -0.2) is 0 Å². The molecular formula is C17H23ClN2O2. The van der Waals surface area contributed by atoms with E-state index < -0.39 is 0 Å². The quantitative estimate of drug-likeness (QED) is 0.874. The number of nitrogens with one attached hydrogen (secondary N) is 2. The smallest absolute Gasteiger partial charge is 0.237 e. The molecule has 1 aliphatic heterocycles. The normalized spacial score (nSPS) is 26.5. The lowest BCUT2D eigenvalue weighted by Gasteiger charge is -2.43. The molecule has 2 fully saturated rings. The van der Waals surface area contributed by atoms with Crippen molar-refractivity contribution < 1.29 is 9.53 Å². The molecule has 0 spiro atoms. The standard InChI is InChI=1S/C17H23ClN2O2/c1-22-12-9-15(19-10-12)16(21)20-11-17(7-4-8-17)13-5-2-3-6-14(13)18/h2-3,5-6,12,15,19H,4,7-11H2,1H3,(H,20,21)/t12-,15+/m0/s1. The molecular weight excluding hydrogens is 300 g/mol. The molecule has 1 saturated heterocycles. The lowest BCUT2D eigenvalue weighted by molar-refractivity contribution is -0.123. The number of benzene rings is 1. The third kappa shape index (κ3) is 3.00. The van der Waals surface area contributed by atoms with Crippen LogP contribution in [0.25, 0.3) is 0 Å². The van der Waals surface area contributed by atoms with E-state index in [1.54, 1.807) is 7.11 Å². The first-order valence-corrected chi connectivity index (χ1v) is 8.31. The van der Waals surface area contributed by atoms with Gasteiger partial charge in [-0.2, -0.15) is 0 Å². The van der Waals surface area contributed by atoms with Gasteiger partial charge >= 0.3 is 0 Å². The maximum Gasteiger partial charge on any atom is 0.237 e. The fraction of sp³-hybridized carbons (Fsp3) is 0.588. The van der Waals surface area contributed by atoms with Crippen LogP contribution in [-0.4, -0.2) is 38.3 Å². The highest BCUT2D eigenvalue weighted by atomic mass is 35.5. The Kier molecular flexibility index (Phi) is 4.71. The summed E-state index contributed by atoms with van der Waals surface area (Å²) in [6.07, 6.45) is 4.22. The van der Waals surface area contributed by atoms with Gasteiger partial charge in [0.25, 0.3) is 0 Å². The minimum Gasteiger partial charge on any atom is -0.380 e. The molecule has 0 unspecified atom stereocenters. The van der Waals surface area contributed by atoms with Crippen molar-refractivity contribution in [2.75, 3.05) is 20.2 Å². The Labute approximate surface area is 136 Å². The van der Waals surface area contributed by atoms with E-state index in [9.17, 15) is 4.79 Å². The summed E-state index contributed by atoms with van der Waals surface area (Å²) in [6, 6.07) is 7.84. The Morgan fingerprint density at radius 2 is 2.23 bits per heavy atom. The lowest BCUT2D eigenvalue weighted by atomic mass is 9.64. The summed E-state index contributed by atoms with van der Waals surface area (Å²) < 4.78 is 5.29. The lowest BCUT2D eigenvalue weighted by Crippen LogP contribution is -2.49. The van der Waals surface area contributed by atoms with E-state index in [0.717, 1.165) is 36.4 Å². The monoisotopic (exact) mass is 322 g/mol. The van der Waals surface area contributed by atoms with Crippen LogP contribution in [0.5, 0.6) is 0 Å². The maximum atomic E-state index is 12.3. The number of rotatable bonds is 5. The minimum absolute atomic E-state index is 0.00721. The summed E-state index contributed by atoms with van der Waals surface area (Å²) in [6.45, 7) is 1.40. The number of carbonyl (C=O) groups excluding carboxylic acids is 1. The van der Waals surface area contributed by atoms with Crippen LogP contribution in [0.1, 0.15) is 31.2 Å². The van der Waals surface area contributed by atoms with Crippen molar-refractivity contribution in [1.82, 2.24) is 10.6 Å². The summed E-state index contributed by atoms with van der Waals surface area (Å²) in [5, 5.41) is 7.14. The molecule has 0 bridgehead atoms. The van der Waals surface area contributed by atoms with Crippen LogP contribution in [0.3, 0.4) is 0 Å². The topological polar surface area (TPSA) is 50.4 Å². The van der Waals surface area contributed by atoms with Crippen molar-refractivity contribution in [2.24, 2.45) is 0 Å². The van der Waals surface area contributed by atoms with E-state index >= 15 is 0 Å². The van der Waals surface area contributed by atoms with Crippen LogP contribution in [0.15, 0.2) is 24.3 Å². The number of carbonyl (C=O) groups is 1. The summed E-state index contributed by atoms with van der Waals surface area (Å²) in [4.78, 5) is 12.3. The molecule has 2 aliphatic rings. The SMILES string of the molecule is CO[C@@H]1CN[C@@H](C(=O)NCC2(c3ccccc3Cl)CCC2)C1. The molecule has 0 aromatic heterocycles. The van der Waals surface area contributed by atoms with E-state index in [4.69, 9.17) is 16.3 Å². The molecule has 0 radical (unpaired) electrons. The van der Waals surface area contributed by atoms with Crippen LogP contribution in [0.4, 0.5) is 0 Å². The first kappa shape index (κ1) is 15.8. The van der Waals surface area contributed by atoms with Gasteiger partial charge in [-0.3, -0.25) is 4.79 Å². The second-order valence-corrected chi connectivity index (χ2v) is 6.79. The first-order valence-electron chi connectivity index (χ1n) is 7.93. The van der Waals surface area contributed by atoms with E-state index in [0.29, 0.717) is 6.54 Å². The Bertz CT molecular complexity index is 545. The molecule has 22 heavy (non-hydrogen) atoms. The van der Waals surface area contributed by atoms with Gasteiger partial charge in [0.2, 0.25) is 5.91 Å².